The second kappa shape index (κ2) is 7.84. The Labute approximate surface area is 127 Å². The second-order valence-electron chi connectivity index (χ2n) is 5.58. The molecule has 1 fully saturated rings. The number of aromatic nitrogens is 1. The maximum absolute atomic E-state index is 6.00. The second-order valence-corrected chi connectivity index (χ2v) is 5.84. The smallest absolute Gasteiger partial charge is 0.128 e. The largest absolute Gasteiger partial charge is 0.376 e. The number of halogens is 1. The van der Waals surface area contributed by atoms with E-state index in [4.69, 9.17) is 21.3 Å². The van der Waals surface area contributed by atoms with E-state index in [2.05, 4.69) is 31.0 Å². The van der Waals surface area contributed by atoms with Crippen LogP contribution in [0.2, 0.25) is 0 Å². The molecule has 0 radical (unpaired) electrons. The third-order valence-corrected chi connectivity index (χ3v) is 4.04. The van der Waals surface area contributed by atoms with E-state index in [1.54, 1.807) is 0 Å². The van der Waals surface area contributed by atoms with E-state index in [9.17, 15) is 0 Å². The minimum Gasteiger partial charge on any atom is -0.376 e. The molecule has 112 valence electrons. The van der Waals surface area contributed by atoms with Gasteiger partial charge in [-0.05, 0) is 43.4 Å². The Hall–Kier alpha value is -0.800. The molecule has 0 N–H and O–H groups in total. The van der Waals surface area contributed by atoms with Crippen LogP contribution in [0, 0.1) is 0 Å². The maximum atomic E-state index is 6.00. The Morgan fingerprint density at radius 1 is 1.40 bits per heavy atom. The van der Waals surface area contributed by atoms with Crippen LogP contribution in [0.5, 0.6) is 0 Å². The minimum atomic E-state index is 0.338. The molecule has 1 aromatic heterocycles. The highest BCUT2D eigenvalue weighted by molar-refractivity contribution is 6.17. The van der Waals surface area contributed by atoms with Gasteiger partial charge in [-0.3, -0.25) is 0 Å². The van der Waals surface area contributed by atoms with Gasteiger partial charge in [0.1, 0.15) is 5.82 Å². The van der Waals surface area contributed by atoms with Gasteiger partial charge in [0, 0.05) is 31.8 Å². The van der Waals surface area contributed by atoms with E-state index in [1.165, 1.54) is 12.8 Å². The standard InChI is InChI=1S/C16H25ClN2O/c1-3-6-14-9-13(11-17)10-16(18-14)19(2)12-15-7-4-5-8-20-15/h9-10,15H,3-8,11-12H2,1-2H3. The number of nitrogens with zero attached hydrogens (tertiary/aromatic N) is 2. The van der Waals surface area contributed by atoms with Crippen LogP contribution in [0.1, 0.15) is 43.9 Å². The molecule has 0 saturated carbocycles. The van der Waals surface area contributed by atoms with Crippen molar-refractivity contribution in [2.24, 2.45) is 0 Å². The SMILES string of the molecule is CCCc1cc(CCl)cc(N(C)CC2CCCCO2)n1. The summed E-state index contributed by atoms with van der Waals surface area (Å²) >= 11 is 6.00. The van der Waals surface area contributed by atoms with Crippen LogP contribution in [0.3, 0.4) is 0 Å². The van der Waals surface area contributed by atoms with Gasteiger partial charge in [0.15, 0.2) is 0 Å². The van der Waals surface area contributed by atoms with Gasteiger partial charge in [-0.25, -0.2) is 4.98 Å². The van der Waals surface area contributed by atoms with Crippen molar-refractivity contribution in [3.05, 3.63) is 23.4 Å². The number of likely N-dealkylation sites (N-methyl/N-ethyl adjacent to an activating group) is 1. The third kappa shape index (κ3) is 4.35. The van der Waals surface area contributed by atoms with Crippen molar-refractivity contribution in [2.45, 2.75) is 51.0 Å². The van der Waals surface area contributed by atoms with Gasteiger partial charge in [0.25, 0.3) is 0 Å². The molecular weight excluding hydrogens is 272 g/mol. The summed E-state index contributed by atoms with van der Waals surface area (Å²) in [6.07, 6.45) is 6.07. The third-order valence-electron chi connectivity index (χ3n) is 3.73. The Morgan fingerprint density at radius 3 is 2.90 bits per heavy atom. The molecule has 0 spiro atoms. The van der Waals surface area contributed by atoms with Crippen molar-refractivity contribution >= 4 is 17.4 Å². The lowest BCUT2D eigenvalue weighted by atomic mass is 10.1. The van der Waals surface area contributed by atoms with E-state index >= 15 is 0 Å². The fraction of sp³-hybridized carbons (Fsp3) is 0.688. The number of hydrogen-bond acceptors (Lipinski definition) is 3. The number of ether oxygens (including phenoxy) is 1. The fourth-order valence-corrected chi connectivity index (χ4v) is 2.79. The Bertz CT molecular complexity index is 419. The summed E-state index contributed by atoms with van der Waals surface area (Å²) in [5, 5.41) is 0. The molecule has 20 heavy (non-hydrogen) atoms. The molecule has 2 heterocycles. The molecule has 1 unspecified atom stereocenters. The highest BCUT2D eigenvalue weighted by atomic mass is 35.5. The van der Waals surface area contributed by atoms with E-state index in [0.29, 0.717) is 12.0 Å². The molecule has 3 nitrogen and oxygen atoms in total. The molecule has 1 atom stereocenters. The summed E-state index contributed by atoms with van der Waals surface area (Å²) in [6, 6.07) is 4.21. The van der Waals surface area contributed by atoms with Crippen molar-refractivity contribution in [1.29, 1.82) is 0 Å². The Balaban J connectivity index is 2.06. The van der Waals surface area contributed by atoms with Gasteiger partial charge in [-0.1, -0.05) is 13.3 Å². The molecule has 0 amide bonds. The number of aryl methyl sites for hydroxylation is 1. The van der Waals surface area contributed by atoms with Crippen molar-refractivity contribution in [2.75, 3.05) is 25.1 Å². The molecule has 0 aromatic carbocycles. The molecule has 0 bridgehead atoms. The fourth-order valence-electron chi connectivity index (χ4n) is 2.64. The van der Waals surface area contributed by atoms with Crippen molar-refractivity contribution in [3.63, 3.8) is 0 Å². The zero-order valence-electron chi connectivity index (χ0n) is 12.6. The number of anilines is 1. The van der Waals surface area contributed by atoms with Gasteiger partial charge >= 0.3 is 0 Å². The predicted molar refractivity (Wildman–Crippen MR) is 84.7 cm³/mol. The summed E-state index contributed by atoms with van der Waals surface area (Å²) < 4.78 is 5.81. The number of rotatable bonds is 6. The molecule has 0 aliphatic carbocycles. The molecule has 1 aliphatic heterocycles. The van der Waals surface area contributed by atoms with E-state index < -0.39 is 0 Å². The van der Waals surface area contributed by atoms with Gasteiger partial charge in [-0.15, -0.1) is 11.6 Å². The lowest BCUT2D eigenvalue weighted by Gasteiger charge is -2.28. The van der Waals surface area contributed by atoms with Crippen LogP contribution in [-0.4, -0.2) is 31.3 Å². The zero-order chi connectivity index (χ0) is 14.4. The van der Waals surface area contributed by atoms with Crippen molar-refractivity contribution in [3.8, 4) is 0 Å². The molecule has 2 rings (SSSR count). The van der Waals surface area contributed by atoms with Gasteiger partial charge in [0.05, 0.1) is 6.10 Å². The van der Waals surface area contributed by atoms with Crippen LogP contribution in [-0.2, 0) is 17.0 Å². The first-order valence-electron chi connectivity index (χ1n) is 7.61. The minimum absolute atomic E-state index is 0.338. The highest BCUT2D eigenvalue weighted by Crippen LogP contribution is 2.20. The molecule has 1 saturated heterocycles. The first-order chi connectivity index (χ1) is 9.72. The summed E-state index contributed by atoms with van der Waals surface area (Å²) in [4.78, 5) is 6.95. The van der Waals surface area contributed by atoms with Crippen molar-refractivity contribution < 1.29 is 4.74 Å². The van der Waals surface area contributed by atoms with Gasteiger partial charge < -0.3 is 9.64 Å². The zero-order valence-corrected chi connectivity index (χ0v) is 13.3. The van der Waals surface area contributed by atoms with E-state index in [-0.39, 0.29) is 0 Å². The van der Waals surface area contributed by atoms with Crippen LogP contribution in [0.25, 0.3) is 0 Å². The predicted octanol–water partition coefficient (Wildman–Crippen LogP) is 3.78. The normalized spacial score (nSPS) is 19.1. The monoisotopic (exact) mass is 296 g/mol. The first kappa shape index (κ1) is 15.6. The average Bonchev–Trinajstić information content (AvgIpc) is 2.48. The molecular formula is C16H25ClN2O. The summed E-state index contributed by atoms with van der Waals surface area (Å²) in [5.41, 5.74) is 2.29. The van der Waals surface area contributed by atoms with Gasteiger partial charge in [0.2, 0.25) is 0 Å². The van der Waals surface area contributed by atoms with Crippen LogP contribution >= 0.6 is 11.6 Å². The Morgan fingerprint density at radius 2 is 2.25 bits per heavy atom. The lowest BCUT2D eigenvalue weighted by Crippen LogP contribution is -2.33. The average molecular weight is 297 g/mol. The summed E-state index contributed by atoms with van der Waals surface area (Å²) in [7, 11) is 2.09. The van der Waals surface area contributed by atoms with Crippen molar-refractivity contribution in [1.82, 2.24) is 4.98 Å². The molecule has 1 aliphatic rings. The van der Waals surface area contributed by atoms with E-state index in [1.807, 2.05) is 0 Å². The van der Waals surface area contributed by atoms with Crippen LogP contribution in [0.15, 0.2) is 12.1 Å². The maximum Gasteiger partial charge on any atom is 0.128 e. The topological polar surface area (TPSA) is 25.4 Å². The summed E-state index contributed by atoms with van der Waals surface area (Å²) in [6.45, 7) is 3.98. The van der Waals surface area contributed by atoms with Crippen LogP contribution in [0.4, 0.5) is 5.82 Å². The quantitative estimate of drug-likeness (QED) is 0.747. The molecule has 4 heteroatoms. The summed E-state index contributed by atoms with van der Waals surface area (Å²) in [5.74, 6) is 1.56. The number of alkyl halides is 1. The molecule has 1 aromatic rings. The lowest BCUT2D eigenvalue weighted by molar-refractivity contribution is 0.0215. The number of hydrogen-bond donors (Lipinski definition) is 0. The first-order valence-corrected chi connectivity index (χ1v) is 8.15. The Kier molecular flexibility index (Phi) is 6.11. The van der Waals surface area contributed by atoms with E-state index in [0.717, 1.165) is 49.5 Å². The highest BCUT2D eigenvalue weighted by Gasteiger charge is 2.17. The van der Waals surface area contributed by atoms with Crippen LogP contribution < -0.4 is 4.90 Å². The number of pyridine rings is 1. The van der Waals surface area contributed by atoms with Gasteiger partial charge in [-0.2, -0.15) is 0 Å².